The second-order valence-electron chi connectivity index (χ2n) is 7.24. The standard InChI is InChI=1S/C25H28FN7O2S/c1-4-18(8-9-29-14-27)35-22-7-6-20(23(26)17(22)3)33-25-24-21(31-15-32-25)12-19(13-30-24)34-10-11-36-16-28-5-2/h4,6-9,12-15,27-28H,1,5,10-11,16H2,2-3H3,(H,31,32,33)/b18-8+,27-14?,29-9?. The molecule has 0 aliphatic carbocycles. The number of pyridine rings is 1. The number of anilines is 2. The van der Waals surface area contributed by atoms with Crippen molar-refractivity contribution >= 4 is 46.9 Å². The highest BCUT2D eigenvalue weighted by Crippen LogP contribution is 2.31. The first-order chi connectivity index (χ1) is 17.6. The molecule has 1 aromatic carbocycles. The van der Waals surface area contributed by atoms with Crippen molar-refractivity contribution in [1.82, 2.24) is 20.3 Å². The number of ether oxygens (including phenoxy) is 2. The summed E-state index contributed by atoms with van der Waals surface area (Å²) >= 11 is 1.76. The van der Waals surface area contributed by atoms with E-state index in [0.29, 0.717) is 46.3 Å². The van der Waals surface area contributed by atoms with Crippen molar-refractivity contribution in [2.45, 2.75) is 13.8 Å². The lowest BCUT2D eigenvalue weighted by atomic mass is 10.1. The van der Waals surface area contributed by atoms with Gasteiger partial charge >= 0.3 is 0 Å². The molecule has 3 rings (SSSR count). The van der Waals surface area contributed by atoms with E-state index in [4.69, 9.17) is 14.9 Å². The molecule has 0 aliphatic rings. The Morgan fingerprint density at radius 1 is 1.31 bits per heavy atom. The summed E-state index contributed by atoms with van der Waals surface area (Å²) in [6, 6.07) is 4.98. The summed E-state index contributed by atoms with van der Waals surface area (Å²) in [5, 5.41) is 13.2. The number of nitrogens with zero attached hydrogens (tertiary/aromatic N) is 4. The summed E-state index contributed by atoms with van der Waals surface area (Å²) < 4.78 is 26.7. The van der Waals surface area contributed by atoms with E-state index in [-0.39, 0.29) is 5.69 Å². The molecule has 0 spiro atoms. The molecule has 3 N–H and O–H groups in total. The second kappa shape index (κ2) is 13.9. The fourth-order valence-electron chi connectivity index (χ4n) is 2.99. The number of thioether (sulfide) groups is 1. The van der Waals surface area contributed by atoms with Crippen molar-refractivity contribution in [3.8, 4) is 11.5 Å². The van der Waals surface area contributed by atoms with Gasteiger partial charge in [0.15, 0.2) is 11.6 Å². The van der Waals surface area contributed by atoms with E-state index in [1.165, 1.54) is 24.7 Å². The minimum absolute atomic E-state index is 0.217. The zero-order valence-corrected chi connectivity index (χ0v) is 20.9. The molecule has 36 heavy (non-hydrogen) atoms. The zero-order chi connectivity index (χ0) is 25.8. The Morgan fingerprint density at radius 2 is 2.17 bits per heavy atom. The SMILES string of the molecule is C=C/C(=C\C=NC=N)Oc1ccc(Nc2ncnc3cc(OCCSCNCC)cnc23)c(F)c1C. The molecule has 0 bridgehead atoms. The first-order valence-electron chi connectivity index (χ1n) is 11.2. The predicted octanol–water partition coefficient (Wildman–Crippen LogP) is 5.02. The molecule has 0 atom stereocenters. The summed E-state index contributed by atoms with van der Waals surface area (Å²) in [4.78, 5) is 16.6. The number of hydrogen-bond acceptors (Lipinski definition) is 9. The molecule has 0 saturated heterocycles. The van der Waals surface area contributed by atoms with Gasteiger partial charge in [0.2, 0.25) is 0 Å². The van der Waals surface area contributed by atoms with Gasteiger partial charge < -0.3 is 20.1 Å². The van der Waals surface area contributed by atoms with Crippen LogP contribution in [0.15, 0.2) is 60.2 Å². The number of hydrogen-bond donors (Lipinski definition) is 3. The number of allylic oxidation sites excluding steroid dienone is 2. The number of fused-ring (bicyclic) bond motifs is 1. The van der Waals surface area contributed by atoms with Gasteiger partial charge in [-0.15, -0.1) is 11.8 Å². The molecule has 2 heterocycles. The first kappa shape index (κ1) is 26.8. The molecule has 0 fully saturated rings. The van der Waals surface area contributed by atoms with E-state index in [0.717, 1.165) is 24.5 Å². The fraction of sp³-hybridized carbons (Fsp3) is 0.240. The maximum Gasteiger partial charge on any atom is 0.160 e. The van der Waals surface area contributed by atoms with Crippen LogP contribution < -0.4 is 20.1 Å². The Hall–Kier alpha value is -3.83. The quantitative estimate of drug-likeness (QED) is 0.0692. The van der Waals surface area contributed by atoms with Crippen LogP contribution in [-0.4, -0.2) is 52.3 Å². The number of halogens is 1. The summed E-state index contributed by atoms with van der Waals surface area (Å²) in [6.07, 6.45) is 8.28. The van der Waals surface area contributed by atoms with Gasteiger partial charge in [-0.2, -0.15) is 0 Å². The maximum atomic E-state index is 15.2. The van der Waals surface area contributed by atoms with Crippen LogP contribution in [0.25, 0.3) is 11.0 Å². The van der Waals surface area contributed by atoms with Crippen molar-refractivity contribution in [2.75, 3.05) is 30.1 Å². The van der Waals surface area contributed by atoms with E-state index in [1.54, 1.807) is 43.1 Å². The third-order valence-corrected chi connectivity index (χ3v) is 5.68. The number of nitrogens with one attached hydrogen (secondary N) is 3. The van der Waals surface area contributed by atoms with Gasteiger partial charge in [0.05, 0.1) is 24.0 Å². The monoisotopic (exact) mass is 509 g/mol. The molecule has 3 aromatic rings. The molecule has 0 saturated carbocycles. The summed E-state index contributed by atoms with van der Waals surface area (Å²) in [6.45, 7) is 8.85. The molecule has 0 aliphatic heterocycles. The molecular weight excluding hydrogens is 481 g/mol. The van der Waals surface area contributed by atoms with Crippen molar-refractivity contribution in [1.29, 1.82) is 5.41 Å². The van der Waals surface area contributed by atoms with Gasteiger partial charge in [0.1, 0.15) is 35.4 Å². The zero-order valence-electron chi connectivity index (χ0n) is 20.1. The van der Waals surface area contributed by atoms with Crippen molar-refractivity contribution in [2.24, 2.45) is 4.99 Å². The highest BCUT2D eigenvalue weighted by molar-refractivity contribution is 7.99. The minimum Gasteiger partial charge on any atom is -0.491 e. The Morgan fingerprint density at radius 3 is 2.94 bits per heavy atom. The average molecular weight is 510 g/mol. The van der Waals surface area contributed by atoms with Gasteiger partial charge in [-0.3, -0.25) is 5.41 Å². The third-order valence-electron chi connectivity index (χ3n) is 4.82. The molecule has 11 heteroatoms. The Balaban J connectivity index is 1.73. The molecule has 0 radical (unpaired) electrons. The van der Waals surface area contributed by atoms with Crippen LogP contribution in [0.2, 0.25) is 0 Å². The fourth-order valence-corrected chi connectivity index (χ4v) is 3.69. The van der Waals surface area contributed by atoms with Gasteiger partial charge in [0, 0.05) is 29.5 Å². The van der Waals surface area contributed by atoms with Crippen LogP contribution in [0, 0.1) is 18.2 Å². The van der Waals surface area contributed by atoms with E-state index >= 15 is 4.39 Å². The van der Waals surface area contributed by atoms with Crippen LogP contribution in [0.3, 0.4) is 0 Å². The van der Waals surface area contributed by atoms with E-state index in [2.05, 4.69) is 44.1 Å². The van der Waals surface area contributed by atoms with Crippen LogP contribution in [0.4, 0.5) is 15.9 Å². The Kier molecular flexibility index (Phi) is 10.3. The predicted molar refractivity (Wildman–Crippen MR) is 144 cm³/mol. The number of aromatic nitrogens is 3. The molecule has 9 nitrogen and oxygen atoms in total. The molecule has 188 valence electrons. The van der Waals surface area contributed by atoms with Crippen LogP contribution >= 0.6 is 11.8 Å². The first-order valence-corrected chi connectivity index (χ1v) is 12.3. The normalized spacial score (nSPS) is 11.6. The van der Waals surface area contributed by atoms with E-state index < -0.39 is 5.82 Å². The topological polar surface area (TPSA) is 117 Å². The molecule has 0 amide bonds. The molecule has 2 aromatic heterocycles. The van der Waals surface area contributed by atoms with Crippen molar-refractivity contribution in [3.63, 3.8) is 0 Å². The van der Waals surface area contributed by atoms with Crippen molar-refractivity contribution < 1.29 is 13.9 Å². The van der Waals surface area contributed by atoms with E-state index in [1.807, 2.05) is 0 Å². The van der Waals surface area contributed by atoms with Gasteiger partial charge in [-0.1, -0.05) is 13.5 Å². The van der Waals surface area contributed by atoms with Crippen LogP contribution in [0.5, 0.6) is 11.5 Å². The summed E-state index contributed by atoms with van der Waals surface area (Å²) in [5.74, 6) is 2.90. The van der Waals surface area contributed by atoms with Crippen LogP contribution in [0.1, 0.15) is 12.5 Å². The lowest BCUT2D eigenvalue weighted by molar-refractivity contribution is 0.343. The summed E-state index contributed by atoms with van der Waals surface area (Å²) in [5.41, 5.74) is 1.58. The lowest BCUT2D eigenvalue weighted by Gasteiger charge is -2.14. The lowest BCUT2D eigenvalue weighted by Crippen LogP contribution is -2.12. The smallest absolute Gasteiger partial charge is 0.160 e. The number of aliphatic imine (C=N–C) groups is 1. The minimum atomic E-state index is -0.495. The van der Waals surface area contributed by atoms with Crippen molar-refractivity contribution in [3.05, 3.63) is 66.6 Å². The highest BCUT2D eigenvalue weighted by Gasteiger charge is 2.14. The van der Waals surface area contributed by atoms with Crippen LogP contribution in [-0.2, 0) is 0 Å². The summed E-state index contributed by atoms with van der Waals surface area (Å²) in [7, 11) is 0. The van der Waals surface area contributed by atoms with Gasteiger partial charge in [-0.25, -0.2) is 24.3 Å². The highest BCUT2D eigenvalue weighted by atomic mass is 32.2. The molecule has 0 unspecified atom stereocenters. The Labute approximate surface area is 213 Å². The second-order valence-corrected chi connectivity index (χ2v) is 8.35. The number of benzene rings is 1. The van der Waals surface area contributed by atoms with Gasteiger partial charge in [-0.05, 0) is 37.8 Å². The largest absolute Gasteiger partial charge is 0.491 e. The molecular formula is C25H28FN7O2S. The van der Waals surface area contributed by atoms with Gasteiger partial charge in [0.25, 0.3) is 0 Å². The maximum absolute atomic E-state index is 15.2. The third kappa shape index (κ3) is 7.33. The average Bonchev–Trinajstić information content (AvgIpc) is 2.89. The Bertz CT molecular complexity index is 1270. The number of rotatable bonds is 14. The van der Waals surface area contributed by atoms with E-state index in [9.17, 15) is 0 Å².